The maximum Gasteiger partial charge on any atom is 0.284 e. The average molecular weight is 538 g/mol. The first kappa shape index (κ1) is 24.5. The van der Waals surface area contributed by atoms with Gasteiger partial charge in [0.1, 0.15) is 0 Å². The molecule has 8 rings (SSSR count). The van der Waals surface area contributed by atoms with Gasteiger partial charge in [-0.2, -0.15) is 0 Å². The highest BCUT2D eigenvalue weighted by molar-refractivity contribution is 7.13. The normalized spacial score (nSPS) is 22.1. The van der Waals surface area contributed by atoms with E-state index < -0.39 is 11.0 Å². The highest BCUT2D eigenvalue weighted by Crippen LogP contribution is 2.64. The van der Waals surface area contributed by atoms with Gasteiger partial charge in [0.15, 0.2) is 5.13 Å². The Kier molecular flexibility index (Phi) is 5.69. The van der Waals surface area contributed by atoms with E-state index in [1.165, 1.54) is 28.0 Å². The molecule has 2 bridgehead atoms. The summed E-state index contributed by atoms with van der Waals surface area (Å²) in [6, 6.07) is 35.2. The van der Waals surface area contributed by atoms with Gasteiger partial charge in [0, 0.05) is 35.3 Å². The molecule has 0 radical (unpaired) electrons. The van der Waals surface area contributed by atoms with E-state index in [2.05, 4.69) is 70.8 Å². The van der Waals surface area contributed by atoms with Crippen molar-refractivity contribution in [3.8, 4) is 11.1 Å². The maximum atomic E-state index is 14.1. The van der Waals surface area contributed by atoms with E-state index in [1.54, 1.807) is 0 Å². The van der Waals surface area contributed by atoms with Gasteiger partial charge in [-0.3, -0.25) is 9.64 Å². The summed E-state index contributed by atoms with van der Waals surface area (Å²) in [6.07, 6.45) is 1.13. The molecule has 1 unspecified atom stereocenters. The molecule has 3 aliphatic rings. The SMILES string of the molecule is [C-]#[N+]C12CC(C)(C(=O)Nc3nc(Cc4cccc(-c5ccccc5)c4)cs3)C(c3ccccc31)c1ccccc12. The minimum Gasteiger partial charge on any atom is -0.301 e. The van der Waals surface area contributed by atoms with E-state index in [0.29, 0.717) is 18.0 Å². The molecule has 0 fully saturated rings. The van der Waals surface area contributed by atoms with Gasteiger partial charge in [0.05, 0.1) is 11.1 Å². The van der Waals surface area contributed by atoms with Crippen molar-refractivity contribution in [1.82, 2.24) is 4.98 Å². The zero-order valence-corrected chi connectivity index (χ0v) is 22.9. The lowest BCUT2D eigenvalue weighted by Gasteiger charge is -2.51. The van der Waals surface area contributed by atoms with E-state index in [0.717, 1.165) is 27.9 Å². The molecule has 4 aromatic carbocycles. The average Bonchev–Trinajstić information content (AvgIpc) is 3.44. The molecule has 1 amide bonds. The van der Waals surface area contributed by atoms with Gasteiger partial charge >= 0.3 is 0 Å². The standard InChI is InChI=1S/C35H27N3OS/c1-34(22-35(36-2)29-17-8-6-15-27(29)31(34)28-16-7-9-18-30(28)35)32(39)38-33-37-26(21-40-33)20-23-11-10-14-25(19-23)24-12-4-3-5-13-24/h3-19,21,31H,20,22H2,1H3,(H,37,38,39). The third-order valence-electron chi connectivity index (χ3n) is 8.60. The van der Waals surface area contributed by atoms with Crippen LogP contribution in [0.5, 0.6) is 0 Å². The number of nitrogens with one attached hydrogen (secondary N) is 1. The van der Waals surface area contributed by atoms with Crippen molar-refractivity contribution >= 4 is 22.4 Å². The van der Waals surface area contributed by atoms with Gasteiger partial charge in [0.25, 0.3) is 5.54 Å². The van der Waals surface area contributed by atoms with Crippen molar-refractivity contribution in [1.29, 1.82) is 0 Å². The summed E-state index contributed by atoms with van der Waals surface area (Å²) in [6.45, 7) is 10.3. The highest BCUT2D eigenvalue weighted by Gasteiger charge is 2.64. The van der Waals surface area contributed by atoms with E-state index >= 15 is 0 Å². The van der Waals surface area contributed by atoms with Crippen LogP contribution in [0.4, 0.5) is 5.13 Å². The van der Waals surface area contributed by atoms with E-state index in [-0.39, 0.29) is 11.8 Å². The van der Waals surface area contributed by atoms with Crippen LogP contribution >= 0.6 is 11.3 Å². The first-order chi connectivity index (χ1) is 19.5. The minimum absolute atomic E-state index is 0.0819. The van der Waals surface area contributed by atoms with Crippen LogP contribution in [0, 0.1) is 12.0 Å². The number of hydrogen-bond acceptors (Lipinski definition) is 3. The molecule has 3 aliphatic carbocycles. The molecular weight excluding hydrogens is 510 g/mol. The Labute approximate surface area is 238 Å². The van der Waals surface area contributed by atoms with Crippen LogP contribution in [0.15, 0.2) is 109 Å². The summed E-state index contributed by atoms with van der Waals surface area (Å²) >= 11 is 1.45. The lowest BCUT2D eigenvalue weighted by atomic mass is 9.49. The monoisotopic (exact) mass is 537 g/mol. The number of hydrogen-bond donors (Lipinski definition) is 1. The van der Waals surface area contributed by atoms with Crippen molar-refractivity contribution in [3.63, 3.8) is 0 Å². The largest absolute Gasteiger partial charge is 0.301 e. The molecule has 194 valence electrons. The van der Waals surface area contributed by atoms with Crippen molar-refractivity contribution in [2.24, 2.45) is 5.41 Å². The predicted octanol–water partition coefficient (Wildman–Crippen LogP) is 8.06. The number of aromatic nitrogens is 1. The van der Waals surface area contributed by atoms with Crippen LogP contribution in [0.2, 0.25) is 0 Å². The second kappa shape index (κ2) is 9.29. The van der Waals surface area contributed by atoms with Crippen LogP contribution in [0.25, 0.3) is 16.0 Å². The predicted molar refractivity (Wildman–Crippen MR) is 160 cm³/mol. The lowest BCUT2D eigenvalue weighted by Crippen LogP contribution is -2.53. The number of carbonyl (C=O) groups is 1. The smallest absolute Gasteiger partial charge is 0.284 e. The summed E-state index contributed by atoms with van der Waals surface area (Å²) in [5.41, 5.74) is 7.04. The van der Waals surface area contributed by atoms with Gasteiger partial charge in [-0.15, -0.1) is 11.3 Å². The number of thiazole rings is 1. The number of rotatable bonds is 5. The van der Waals surface area contributed by atoms with E-state index in [1.807, 2.05) is 54.8 Å². The molecule has 0 saturated heterocycles. The molecule has 1 aromatic heterocycles. The van der Waals surface area contributed by atoms with E-state index in [4.69, 9.17) is 11.6 Å². The Bertz CT molecular complexity index is 1750. The summed E-state index contributed by atoms with van der Waals surface area (Å²) in [5, 5.41) is 5.77. The summed E-state index contributed by atoms with van der Waals surface area (Å²) in [7, 11) is 0. The number of nitrogens with zero attached hydrogens (tertiary/aromatic N) is 2. The van der Waals surface area contributed by atoms with Crippen LogP contribution < -0.4 is 5.32 Å². The van der Waals surface area contributed by atoms with Gasteiger partial charge in [-0.05, 0) is 34.7 Å². The van der Waals surface area contributed by atoms with Gasteiger partial charge in [-0.25, -0.2) is 11.6 Å². The van der Waals surface area contributed by atoms with Gasteiger partial charge in [-0.1, -0.05) is 103 Å². The third-order valence-corrected chi connectivity index (χ3v) is 9.40. The Balaban J connectivity index is 1.17. The van der Waals surface area contributed by atoms with Crippen LogP contribution in [-0.2, 0) is 16.8 Å². The zero-order valence-electron chi connectivity index (χ0n) is 22.1. The van der Waals surface area contributed by atoms with Gasteiger partial charge < -0.3 is 5.32 Å². The molecule has 0 aliphatic heterocycles. The van der Waals surface area contributed by atoms with E-state index in [9.17, 15) is 4.79 Å². The van der Waals surface area contributed by atoms with Crippen molar-refractivity contribution in [3.05, 3.63) is 153 Å². The quantitative estimate of drug-likeness (QED) is 0.231. The Morgan fingerprint density at radius 2 is 1.57 bits per heavy atom. The molecule has 40 heavy (non-hydrogen) atoms. The third kappa shape index (κ3) is 3.71. The molecule has 0 spiro atoms. The Hall–Kier alpha value is -4.53. The number of benzene rings is 4. The fourth-order valence-electron chi connectivity index (χ4n) is 6.83. The fraction of sp³-hybridized carbons (Fsp3) is 0.171. The van der Waals surface area contributed by atoms with Crippen LogP contribution in [0.1, 0.15) is 52.8 Å². The molecular formula is C35H27N3OS. The molecule has 0 saturated carbocycles. The summed E-state index contributed by atoms with van der Waals surface area (Å²) in [4.78, 5) is 23.1. The number of carbonyl (C=O) groups excluding carboxylic acids is 1. The fourth-order valence-corrected chi connectivity index (χ4v) is 7.54. The molecule has 4 nitrogen and oxygen atoms in total. The first-order valence-corrected chi connectivity index (χ1v) is 14.4. The zero-order chi connectivity index (χ0) is 27.3. The van der Waals surface area contributed by atoms with Crippen molar-refractivity contribution < 1.29 is 4.79 Å². The second-order valence-corrected chi connectivity index (χ2v) is 11.9. The van der Waals surface area contributed by atoms with Crippen LogP contribution in [-0.4, -0.2) is 10.9 Å². The Morgan fingerprint density at radius 3 is 2.27 bits per heavy atom. The molecule has 1 heterocycles. The minimum atomic E-state index is -0.869. The van der Waals surface area contributed by atoms with Crippen LogP contribution in [0.3, 0.4) is 0 Å². The van der Waals surface area contributed by atoms with Gasteiger partial charge in [0.2, 0.25) is 5.91 Å². The second-order valence-electron chi connectivity index (χ2n) is 11.0. The maximum absolute atomic E-state index is 14.1. The summed E-state index contributed by atoms with van der Waals surface area (Å²) < 4.78 is 0. The lowest BCUT2D eigenvalue weighted by molar-refractivity contribution is -0.127. The number of amides is 1. The molecule has 1 N–H and O–H groups in total. The van der Waals surface area contributed by atoms with Crippen molar-refractivity contribution in [2.45, 2.75) is 31.2 Å². The van der Waals surface area contributed by atoms with Crippen molar-refractivity contribution in [2.75, 3.05) is 5.32 Å². The summed E-state index contributed by atoms with van der Waals surface area (Å²) in [5.74, 6) is -0.204. The Morgan fingerprint density at radius 1 is 0.925 bits per heavy atom. The molecule has 1 atom stereocenters. The molecule has 5 aromatic rings. The number of fused-ring (bicyclic) bond motifs is 1. The topological polar surface area (TPSA) is 46.4 Å². The number of anilines is 1. The highest BCUT2D eigenvalue weighted by atomic mass is 32.1. The first-order valence-electron chi connectivity index (χ1n) is 13.5. The molecule has 5 heteroatoms.